The third kappa shape index (κ3) is 2.92. The van der Waals surface area contributed by atoms with Gasteiger partial charge in [0, 0.05) is 22.8 Å². The number of rotatable bonds is 3. The second kappa shape index (κ2) is 6.63. The van der Waals surface area contributed by atoms with Crippen LogP contribution in [0.5, 0.6) is 0 Å². The summed E-state index contributed by atoms with van der Waals surface area (Å²) in [6.45, 7) is 0. The number of imidazole rings is 1. The average Bonchev–Trinajstić information content (AvgIpc) is 3.29. The van der Waals surface area contributed by atoms with Crippen LogP contribution in [0.3, 0.4) is 0 Å². The first-order valence-corrected chi connectivity index (χ1v) is 9.92. The Bertz CT molecular complexity index is 1100. The highest BCUT2D eigenvalue weighted by Crippen LogP contribution is 2.43. The van der Waals surface area contributed by atoms with Crippen molar-refractivity contribution in [2.45, 2.75) is 25.7 Å². The van der Waals surface area contributed by atoms with Gasteiger partial charge in [0.15, 0.2) is 0 Å². The predicted molar refractivity (Wildman–Crippen MR) is 108 cm³/mol. The zero-order valence-electron chi connectivity index (χ0n) is 14.7. The molecule has 3 aromatic heterocycles. The molecule has 2 N–H and O–H groups in total. The van der Waals surface area contributed by atoms with Gasteiger partial charge in [-0.25, -0.2) is 4.98 Å². The Labute approximate surface area is 160 Å². The highest BCUT2D eigenvalue weighted by Gasteiger charge is 2.25. The van der Waals surface area contributed by atoms with E-state index in [-0.39, 0.29) is 5.91 Å². The molecule has 0 saturated carbocycles. The zero-order chi connectivity index (χ0) is 18.2. The van der Waals surface area contributed by atoms with Crippen LogP contribution in [-0.4, -0.2) is 20.9 Å². The van der Waals surface area contributed by atoms with Crippen LogP contribution >= 0.6 is 11.3 Å². The maximum absolute atomic E-state index is 12.7. The van der Waals surface area contributed by atoms with Crippen LogP contribution in [0, 0.1) is 0 Å². The number of nitrogens with zero attached hydrogens (tertiary/aromatic N) is 2. The number of fused-ring (bicyclic) bond motifs is 2. The van der Waals surface area contributed by atoms with Crippen molar-refractivity contribution in [1.82, 2.24) is 15.0 Å². The lowest BCUT2D eigenvalue weighted by molar-refractivity contribution is 0.102. The maximum Gasteiger partial charge on any atom is 0.256 e. The molecule has 3 heterocycles. The summed E-state index contributed by atoms with van der Waals surface area (Å²) < 4.78 is 0. The lowest BCUT2D eigenvalue weighted by Crippen LogP contribution is -2.11. The molecule has 5 rings (SSSR count). The number of hydrogen-bond donors (Lipinski definition) is 2. The Morgan fingerprint density at radius 1 is 1.07 bits per heavy atom. The van der Waals surface area contributed by atoms with Gasteiger partial charge < -0.3 is 10.3 Å². The fourth-order valence-corrected chi connectivity index (χ4v) is 4.94. The van der Waals surface area contributed by atoms with Crippen molar-refractivity contribution in [3.8, 4) is 11.4 Å². The van der Waals surface area contributed by atoms with Gasteiger partial charge in [-0.3, -0.25) is 9.78 Å². The summed E-state index contributed by atoms with van der Waals surface area (Å²) in [5.74, 6) is 0.717. The van der Waals surface area contributed by atoms with E-state index in [9.17, 15) is 4.79 Å². The predicted octanol–water partition coefficient (Wildman–Crippen LogP) is 4.82. The number of carbonyl (C=O) groups excluding carboxylic acids is 1. The number of aryl methyl sites for hydroxylation is 1. The third-order valence-electron chi connectivity index (χ3n) is 4.97. The average molecular weight is 374 g/mol. The normalized spacial score (nSPS) is 13.5. The molecule has 6 heteroatoms. The van der Waals surface area contributed by atoms with Crippen LogP contribution in [0.1, 0.15) is 33.6 Å². The molecule has 1 aromatic carbocycles. The summed E-state index contributed by atoms with van der Waals surface area (Å²) in [5.41, 5.74) is 4.93. The molecule has 4 aromatic rings. The smallest absolute Gasteiger partial charge is 0.256 e. The van der Waals surface area contributed by atoms with E-state index in [1.165, 1.54) is 23.3 Å². The summed E-state index contributed by atoms with van der Waals surface area (Å²) in [7, 11) is 0. The van der Waals surface area contributed by atoms with Gasteiger partial charge in [-0.1, -0.05) is 12.1 Å². The number of amides is 1. The summed E-state index contributed by atoms with van der Waals surface area (Å²) in [6, 6.07) is 11.5. The number of hydrogen-bond acceptors (Lipinski definition) is 4. The highest BCUT2D eigenvalue weighted by molar-refractivity contribution is 7.17. The molecule has 0 unspecified atom stereocenters. The molecule has 134 valence electrons. The quantitative estimate of drug-likeness (QED) is 0.540. The second-order valence-corrected chi connectivity index (χ2v) is 7.81. The van der Waals surface area contributed by atoms with Crippen LogP contribution in [0.15, 0.2) is 48.8 Å². The summed E-state index contributed by atoms with van der Waals surface area (Å²) >= 11 is 1.68. The number of aromatic nitrogens is 3. The number of nitrogens with one attached hydrogen (secondary N) is 2. The number of anilines is 1. The van der Waals surface area contributed by atoms with Gasteiger partial charge in [0.25, 0.3) is 5.91 Å². The number of aromatic amines is 1. The molecule has 0 bridgehead atoms. The van der Waals surface area contributed by atoms with Crippen LogP contribution in [0.4, 0.5) is 5.00 Å². The van der Waals surface area contributed by atoms with Crippen LogP contribution < -0.4 is 5.32 Å². The van der Waals surface area contributed by atoms with Crippen molar-refractivity contribution < 1.29 is 4.79 Å². The van der Waals surface area contributed by atoms with Crippen molar-refractivity contribution in [3.63, 3.8) is 0 Å². The van der Waals surface area contributed by atoms with Crippen LogP contribution in [0.25, 0.3) is 22.4 Å². The van der Waals surface area contributed by atoms with Crippen molar-refractivity contribution in [3.05, 3.63) is 64.8 Å². The largest absolute Gasteiger partial charge is 0.338 e. The molecule has 1 aliphatic rings. The molecule has 5 nitrogen and oxygen atoms in total. The minimum atomic E-state index is -0.117. The van der Waals surface area contributed by atoms with Crippen LogP contribution in [-0.2, 0) is 12.8 Å². The van der Waals surface area contributed by atoms with E-state index >= 15 is 0 Å². The molecular formula is C21H18N4OS. The number of carbonyl (C=O) groups is 1. The first-order valence-electron chi connectivity index (χ1n) is 9.10. The Morgan fingerprint density at radius 3 is 2.74 bits per heavy atom. The van der Waals surface area contributed by atoms with Gasteiger partial charge in [0.05, 0.1) is 16.6 Å². The van der Waals surface area contributed by atoms with Gasteiger partial charge in [-0.2, -0.15) is 0 Å². The topological polar surface area (TPSA) is 70.7 Å². The Balaban J connectivity index is 1.61. The lowest BCUT2D eigenvalue weighted by atomic mass is 9.95. The SMILES string of the molecule is O=C(Nc1sc2c(c1-c1nc3ccccc3[nH]1)CCCC2)c1ccncc1. The van der Waals surface area contributed by atoms with Crippen molar-refractivity contribution in [2.75, 3.05) is 5.32 Å². The molecule has 1 aliphatic carbocycles. The molecular weight excluding hydrogens is 356 g/mol. The Kier molecular flexibility index (Phi) is 3.98. The third-order valence-corrected chi connectivity index (χ3v) is 6.17. The van der Waals surface area contributed by atoms with E-state index in [1.54, 1.807) is 35.9 Å². The molecule has 1 amide bonds. The first-order chi connectivity index (χ1) is 13.3. The summed E-state index contributed by atoms with van der Waals surface area (Å²) in [6.07, 6.45) is 7.74. The molecule has 27 heavy (non-hydrogen) atoms. The Hall–Kier alpha value is -2.99. The number of thiophene rings is 1. The van der Waals surface area contributed by atoms with Gasteiger partial charge in [-0.05, 0) is 55.5 Å². The number of H-pyrrole nitrogens is 1. The lowest BCUT2D eigenvalue weighted by Gasteiger charge is -2.12. The molecule has 0 aliphatic heterocycles. The molecule has 0 fully saturated rings. The van der Waals surface area contributed by atoms with E-state index in [0.717, 1.165) is 40.3 Å². The highest BCUT2D eigenvalue weighted by atomic mass is 32.1. The standard InChI is InChI=1S/C21H18N4OS/c26-20(13-9-11-22-12-10-13)25-21-18(14-5-1-4-8-17(14)27-21)19-23-15-6-2-3-7-16(15)24-19/h2-3,6-7,9-12H,1,4-5,8H2,(H,23,24)(H,25,26). The van der Waals surface area contributed by atoms with E-state index < -0.39 is 0 Å². The zero-order valence-corrected chi connectivity index (χ0v) is 15.5. The van der Waals surface area contributed by atoms with E-state index in [0.29, 0.717) is 5.56 Å². The van der Waals surface area contributed by atoms with E-state index in [2.05, 4.69) is 15.3 Å². The minimum absolute atomic E-state index is 0.117. The monoisotopic (exact) mass is 374 g/mol. The van der Waals surface area contributed by atoms with Gasteiger partial charge in [0.1, 0.15) is 10.8 Å². The van der Waals surface area contributed by atoms with E-state index in [4.69, 9.17) is 4.98 Å². The number of benzene rings is 1. The summed E-state index contributed by atoms with van der Waals surface area (Å²) in [4.78, 5) is 26.3. The van der Waals surface area contributed by atoms with Gasteiger partial charge >= 0.3 is 0 Å². The fraction of sp³-hybridized carbons (Fsp3) is 0.190. The van der Waals surface area contributed by atoms with Gasteiger partial charge in [-0.15, -0.1) is 11.3 Å². The number of para-hydroxylation sites is 2. The van der Waals surface area contributed by atoms with Crippen molar-refractivity contribution in [1.29, 1.82) is 0 Å². The maximum atomic E-state index is 12.7. The second-order valence-electron chi connectivity index (χ2n) is 6.71. The molecule has 0 spiro atoms. The minimum Gasteiger partial charge on any atom is -0.338 e. The Morgan fingerprint density at radius 2 is 1.89 bits per heavy atom. The van der Waals surface area contributed by atoms with Crippen molar-refractivity contribution in [2.24, 2.45) is 0 Å². The molecule has 0 saturated heterocycles. The first kappa shape index (κ1) is 16.2. The molecule has 0 radical (unpaired) electrons. The van der Waals surface area contributed by atoms with Crippen LogP contribution in [0.2, 0.25) is 0 Å². The van der Waals surface area contributed by atoms with Crippen molar-refractivity contribution >= 4 is 33.3 Å². The number of pyridine rings is 1. The fourth-order valence-electron chi connectivity index (χ4n) is 3.65. The van der Waals surface area contributed by atoms with E-state index in [1.807, 2.05) is 24.3 Å². The molecule has 0 atom stereocenters. The summed E-state index contributed by atoms with van der Waals surface area (Å²) in [5, 5.41) is 4.00. The van der Waals surface area contributed by atoms with Gasteiger partial charge in [0.2, 0.25) is 0 Å².